The molecule has 2 atom stereocenters. The summed E-state index contributed by atoms with van der Waals surface area (Å²) in [5, 5.41) is 9.24. The smallest absolute Gasteiger partial charge is 0.258 e. The monoisotopic (exact) mass is 337 g/mol. The van der Waals surface area contributed by atoms with Crippen LogP contribution in [0.5, 0.6) is 0 Å². The van der Waals surface area contributed by atoms with Gasteiger partial charge in [0.15, 0.2) is 5.13 Å². The fraction of sp³-hybridized carbons (Fsp3) is 0.467. The number of hydrogen-bond acceptors (Lipinski definition) is 6. The van der Waals surface area contributed by atoms with Gasteiger partial charge in [0.2, 0.25) is 0 Å². The summed E-state index contributed by atoms with van der Waals surface area (Å²) < 4.78 is 5.74. The van der Waals surface area contributed by atoms with Crippen molar-refractivity contribution in [1.82, 2.24) is 9.88 Å². The van der Waals surface area contributed by atoms with Gasteiger partial charge in [-0.2, -0.15) is 11.3 Å². The minimum atomic E-state index is -0.101. The molecule has 0 saturated carbocycles. The van der Waals surface area contributed by atoms with E-state index in [1.165, 1.54) is 22.7 Å². The fourth-order valence-electron chi connectivity index (χ4n) is 2.64. The molecule has 1 fully saturated rings. The molecule has 0 aromatic carbocycles. The number of morpholine rings is 1. The van der Waals surface area contributed by atoms with Crippen molar-refractivity contribution in [3.05, 3.63) is 33.5 Å². The second kappa shape index (κ2) is 6.87. The topological polar surface area (TPSA) is 54.5 Å². The zero-order valence-electron chi connectivity index (χ0n) is 12.6. The maximum Gasteiger partial charge on any atom is 0.258 e. The number of ether oxygens (including phenoxy) is 1. The van der Waals surface area contributed by atoms with E-state index in [4.69, 9.17) is 4.74 Å². The van der Waals surface area contributed by atoms with Gasteiger partial charge in [-0.15, -0.1) is 11.3 Å². The standard InChI is InChI=1S/C15H19N3O2S2/c1-10-5-18(6-11(2)20-10)7-13-9-22-15(16-13)17-14(19)12-3-4-21-8-12/h3-4,8-11H,5-7H2,1-2H3,(H,16,17,19)/t10-,11-/m1/s1. The molecule has 1 aliphatic heterocycles. The molecule has 0 unspecified atom stereocenters. The Balaban J connectivity index is 1.58. The molecule has 118 valence electrons. The van der Waals surface area contributed by atoms with E-state index in [-0.39, 0.29) is 18.1 Å². The third-order valence-electron chi connectivity index (χ3n) is 3.44. The fourth-order valence-corrected chi connectivity index (χ4v) is 3.98. The van der Waals surface area contributed by atoms with Crippen LogP contribution >= 0.6 is 22.7 Å². The molecule has 0 radical (unpaired) electrons. The van der Waals surface area contributed by atoms with Gasteiger partial charge in [-0.1, -0.05) is 0 Å². The molecular formula is C15H19N3O2S2. The SMILES string of the molecule is C[C@@H]1CN(Cc2csc(NC(=O)c3ccsc3)n2)C[C@@H](C)O1. The number of nitrogens with zero attached hydrogens (tertiary/aromatic N) is 2. The summed E-state index contributed by atoms with van der Waals surface area (Å²) in [7, 11) is 0. The third kappa shape index (κ3) is 3.92. The number of hydrogen-bond donors (Lipinski definition) is 1. The summed E-state index contributed by atoms with van der Waals surface area (Å²) in [6, 6.07) is 1.81. The van der Waals surface area contributed by atoms with Gasteiger partial charge >= 0.3 is 0 Å². The quantitative estimate of drug-likeness (QED) is 0.931. The van der Waals surface area contributed by atoms with E-state index >= 15 is 0 Å². The summed E-state index contributed by atoms with van der Waals surface area (Å²) in [6.45, 7) is 6.81. The lowest BCUT2D eigenvalue weighted by atomic mass is 10.2. The van der Waals surface area contributed by atoms with Gasteiger partial charge < -0.3 is 4.74 Å². The van der Waals surface area contributed by atoms with Crippen LogP contribution in [0.25, 0.3) is 0 Å². The van der Waals surface area contributed by atoms with Crippen LogP contribution in [0.1, 0.15) is 29.9 Å². The van der Waals surface area contributed by atoms with Crippen molar-refractivity contribution in [1.29, 1.82) is 0 Å². The first-order valence-electron chi connectivity index (χ1n) is 7.26. The first-order chi connectivity index (χ1) is 10.6. The van der Waals surface area contributed by atoms with E-state index in [1.54, 1.807) is 0 Å². The summed E-state index contributed by atoms with van der Waals surface area (Å²) in [4.78, 5) is 18.9. The molecule has 0 bridgehead atoms. The summed E-state index contributed by atoms with van der Waals surface area (Å²) >= 11 is 2.98. The van der Waals surface area contributed by atoms with Crippen LogP contribution in [-0.4, -0.2) is 41.1 Å². The number of carbonyl (C=O) groups is 1. The first kappa shape index (κ1) is 15.6. The number of amides is 1. The highest BCUT2D eigenvalue weighted by Crippen LogP contribution is 2.20. The highest BCUT2D eigenvalue weighted by atomic mass is 32.1. The van der Waals surface area contributed by atoms with Crippen molar-refractivity contribution in [3.63, 3.8) is 0 Å². The minimum absolute atomic E-state index is 0.101. The van der Waals surface area contributed by atoms with E-state index in [2.05, 4.69) is 29.0 Å². The molecule has 5 nitrogen and oxygen atoms in total. The van der Waals surface area contributed by atoms with E-state index in [1.807, 2.05) is 22.2 Å². The highest BCUT2D eigenvalue weighted by Gasteiger charge is 2.22. The normalized spacial score (nSPS) is 22.6. The Morgan fingerprint density at radius 3 is 2.86 bits per heavy atom. The van der Waals surface area contributed by atoms with Crippen LogP contribution in [-0.2, 0) is 11.3 Å². The number of thiazole rings is 1. The first-order valence-corrected chi connectivity index (χ1v) is 9.08. The molecule has 1 aliphatic rings. The molecule has 1 N–H and O–H groups in total. The van der Waals surface area contributed by atoms with Crippen molar-refractivity contribution in [3.8, 4) is 0 Å². The maximum atomic E-state index is 12.0. The Hall–Kier alpha value is -1.28. The molecule has 1 amide bonds. The van der Waals surface area contributed by atoms with Crippen molar-refractivity contribution >= 4 is 33.7 Å². The lowest BCUT2D eigenvalue weighted by Gasteiger charge is -2.34. The molecule has 2 aromatic rings. The minimum Gasteiger partial charge on any atom is -0.373 e. The van der Waals surface area contributed by atoms with Gasteiger partial charge in [-0.3, -0.25) is 15.0 Å². The Bertz CT molecular complexity index is 617. The van der Waals surface area contributed by atoms with Gasteiger partial charge in [0.05, 0.1) is 23.5 Å². The van der Waals surface area contributed by atoms with Crippen LogP contribution in [0, 0.1) is 0 Å². The number of carbonyl (C=O) groups excluding carboxylic acids is 1. The van der Waals surface area contributed by atoms with Gasteiger partial charge in [0.1, 0.15) is 0 Å². The zero-order valence-corrected chi connectivity index (χ0v) is 14.2. The van der Waals surface area contributed by atoms with Gasteiger partial charge in [-0.25, -0.2) is 4.98 Å². The Morgan fingerprint density at radius 1 is 1.41 bits per heavy atom. The molecule has 22 heavy (non-hydrogen) atoms. The second-order valence-electron chi connectivity index (χ2n) is 5.56. The van der Waals surface area contributed by atoms with Crippen LogP contribution in [0.15, 0.2) is 22.2 Å². The Kier molecular flexibility index (Phi) is 4.87. The summed E-state index contributed by atoms with van der Waals surface area (Å²) in [5.41, 5.74) is 1.67. The Morgan fingerprint density at radius 2 is 2.18 bits per heavy atom. The van der Waals surface area contributed by atoms with E-state index in [9.17, 15) is 4.79 Å². The van der Waals surface area contributed by atoms with Crippen molar-refractivity contribution < 1.29 is 9.53 Å². The summed E-state index contributed by atoms with van der Waals surface area (Å²) in [6.07, 6.45) is 0.500. The Labute approximate surface area is 137 Å². The lowest BCUT2D eigenvalue weighted by molar-refractivity contribution is -0.0707. The number of anilines is 1. The number of aromatic nitrogens is 1. The number of nitrogens with one attached hydrogen (secondary N) is 1. The molecule has 1 saturated heterocycles. The predicted molar refractivity (Wildman–Crippen MR) is 89.7 cm³/mol. The average molecular weight is 337 g/mol. The highest BCUT2D eigenvalue weighted by molar-refractivity contribution is 7.14. The molecule has 7 heteroatoms. The van der Waals surface area contributed by atoms with Crippen molar-refractivity contribution in [2.75, 3.05) is 18.4 Å². The van der Waals surface area contributed by atoms with E-state index in [0.717, 1.165) is 25.3 Å². The molecular weight excluding hydrogens is 318 g/mol. The van der Waals surface area contributed by atoms with Gasteiger partial charge in [0, 0.05) is 30.4 Å². The third-order valence-corrected chi connectivity index (χ3v) is 4.93. The second-order valence-corrected chi connectivity index (χ2v) is 7.20. The van der Waals surface area contributed by atoms with E-state index < -0.39 is 0 Å². The number of rotatable bonds is 4. The van der Waals surface area contributed by atoms with Crippen LogP contribution in [0.4, 0.5) is 5.13 Å². The van der Waals surface area contributed by atoms with Gasteiger partial charge in [-0.05, 0) is 25.3 Å². The number of thiophene rings is 1. The predicted octanol–water partition coefficient (Wildman–Crippen LogP) is 3.07. The van der Waals surface area contributed by atoms with Crippen molar-refractivity contribution in [2.24, 2.45) is 0 Å². The van der Waals surface area contributed by atoms with Gasteiger partial charge in [0.25, 0.3) is 5.91 Å². The average Bonchev–Trinajstić information content (AvgIpc) is 3.09. The molecule has 3 heterocycles. The largest absolute Gasteiger partial charge is 0.373 e. The molecule has 0 aliphatic carbocycles. The van der Waals surface area contributed by atoms with Crippen molar-refractivity contribution in [2.45, 2.75) is 32.6 Å². The lowest BCUT2D eigenvalue weighted by Crippen LogP contribution is -2.44. The van der Waals surface area contributed by atoms with Crippen LogP contribution < -0.4 is 5.32 Å². The summed E-state index contributed by atoms with van der Waals surface area (Å²) in [5.74, 6) is -0.101. The molecule has 2 aromatic heterocycles. The van der Waals surface area contributed by atoms with E-state index in [0.29, 0.717) is 10.7 Å². The zero-order chi connectivity index (χ0) is 15.5. The molecule has 0 spiro atoms. The van der Waals surface area contributed by atoms with Crippen LogP contribution in [0.2, 0.25) is 0 Å². The maximum absolute atomic E-state index is 12.0. The molecule has 3 rings (SSSR count). The van der Waals surface area contributed by atoms with Crippen LogP contribution in [0.3, 0.4) is 0 Å².